The van der Waals surface area contributed by atoms with E-state index in [0.717, 1.165) is 11.8 Å². The van der Waals surface area contributed by atoms with Crippen molar-refractivity contribution < 1.29 is 23.4 Å². The first-order valence-corrected chi connectivity index (χ1v) is 8.71. The average Bonchev–Trinajstić information content (AvgIpc) is 3.01. The molecule has 0 spiro atoms. The molecule has 3 rings (SSSR count). The van der Waals surface area contributed by atoms with E-state index >= 15 is 0 Å². The van der Waals surface area contributed by atoms with Gasteiger partial charge >= 0.3 is 0 Å². The number of methoxy groups -OCH3 is 3. The normalized spacial score (nSPS) is 16.5. The van der Waals surface area contributed by atoms with E-state index < -0.39 is 5.82 Å². The van der Waals surface area contributed by atoms with E-state index in [1.54, 1.807) is 30.3 Å². The molecule has 0 unspecified atom stereocenters. The fourth-order valence-corrected chi connectivity index (χ4v) is 3.30. The number of nitrogens with one attached hydrogen (secondary N) is 1. The number of carbonyl (C=O) groups excluding carboxylic acids is 1. The van der Waals surface area contributed by atoms with Crippen LogP contribution in [0.3, 0.4) is 0 Å². The van der Waals surface area contributed by atoms with Crippen molar-refractivity contribution >= 4 is 34.6 Å². The van der Waals surface area contributed by atoms with Gasteiger partial charge in [0.25, 0.3) is 5.91 Å². The summed E-state index contributed by atoms with van der Waals surface area (Å²) in [5, 5.41) is 2.94. The van der Waals surface area contributed by atoms with Crippen molar-refractivity contribution in [3.63, 3.8) is 0 Å². The minimum atomic E-state index is -0.457. The van der Waals surface area contributed by atoms with Gasteiger partial charge in [0.15, 0.2) is 16.7 Å². The van der Waals surface area contributed by atoms with Gasteiger partial charge in [-0.15, -0.1) is 0 Å². The highest BCUT2D eigenvalue weighted by Crippen LogP contribution is 2.39. The highest BCUT2D eigenvalue weighted by atomic mass is 32.2. The highest BCUT2D eigenvalue weighted by Gasteiger charge is 2.24. The van der Waals surface area contributed by atoms with Crippen LogP contribution in [0.25, 0.3) is 6.08 Å². The second-order valence-electron chi connectivity index (χ2n) is 5.39. The van der Waals surface area contributed by atoms with E-state index in [-0.39, 0.29) is 11.6 Å². The van der Waals surface area contributed by atoms with Crippen molar-refractivity contribution in [2.45, 2.75) is 0 Å². The number of carbonyl (C=O) groups is 1. The number of halogens is 1. The SMILES string of the molecule is COc1cc(/C=C2\SC(=Nc3ccccc3F)NC2=O)cc(OC)c1OC. The third kappa shape index (κ3) is 4.06. The van der Waals surface area contributed by atoms with Crippen molar-refractivity contribution in [2.24, 2.45) is 4.99 Å². The number of benzene rings is 2. The molecule has 1 heterocycles. The van der Waals surface area contributed by atoms with E-state index in [0.29, 0.717) is 32.9 Å². The van der Waals surface area contributed by atoms with Gasteiger partial charge in [-0.2, -0.15) is 0 Å². The third-order valence-corrected chi connectivity index (χ3v) is 4.62. The van der Waals surface area contributed by atoms with Crippen LogP contribution in [-0.2, 0) is 4.79 Å². The number of amides is 1. The van der Waals surface area contributed by atoms with E-state index in [4.69, 9.17) is 14.2 Å². The fraction of sp³-hybridized carbons (Fsp3) is 0.158. The molecule has 0 atom stereocenters. The smallest absolute Gasteiger partial charge is 0.264 e. The second-order valence-corrected chi connectivity index (χ2v) is 6.42. The number of hydrogen-bond donors (Lipinski definition) is 1. The molecule has 1 N–H and O–H groups in total. The number of aliphatic imine (C=N–C) groups is 1. The van der Waals surface area contributed by atoms with Gasteiger partial charge in [-0.05, 0) is 47.7 Å². The minimum absolute atomic E-state index is 0.161. The minimum Gasteiger partial charge on any atom is -0.493 e. The summed E-state index contributed by atoms with van der Waals surface area (Å²) in [4.78, 5) is 16.8. The highest BCUT2D eigenvalue weighted by molar-refractivity contribution is 8.18. The Labute approximate surface area is 160 Å². The summed E-state index contributed by atoms with van der Waals surface area (Å²) < 4.78 is 29.7. The Kier molecular flexibility index (Phi) is 5.66. The predicted octanol–water partition coefficient (Wildman–Crippen LogP) is 3.74. The predicted molar refractivity (Wildman–Crippen MR) is 103 cm³/mol. The first kappa shape index (κ1) is 18.8. The molecule has 1 aliphatic heterocycles. The molecule has 27 heavy (non-hydrogen) atoms. The summed E-state index contributed by atoms with van der Waals surface area (Å²) in [7, 11) is 4.55. The lowest BCUT2D eigenvalue weighted by molar-refractivity contribution is -0.115. The maximum atomic E-state index is 13.7. The van der Waals surface area contributed by atoms with E-state index in [9.17, 15) is 9.18 Å². The van der Waals surface area contributed by atoms with Crippen LogP contribution in [0.5, 0.6) is 17.2 Å². The Balaban J connectivity index is 1.92. The lowest BCUT2D eigenvalue weighted by Crippen LogP contribution is -2.19. The standard InChI is InChI=1S/C19H17FN2O4S/c1-24-14-8-11(9-15(25-2)17(14)26-3)10-16-18(23)22-19(27-16)21-13-7-5-4-6-12(13)20/h4-10H,1-3H3,(H,21,22,23)/b16-10-. The summed E-state index contributed by atoms with van der Waals surface area (Å²) in [6.07, 6.45) is 1.67. The third-order valence-electron chi connectivity index (χ3n) is 3.71. The molecule has 0 radical (unpaired) electrons. The van der Waals surface area contributed by atoms with Crippen LogP contribution in [0, 0.1) is 5.82 Å². The Morgan fingerprint density at radius 3 is 2.33 bits per heavy atom. The molecule has 1 aliphatic rings. The molecule has 8 heteroatoms. The number of nitrogens with zero attached hydrogens (tertiary/aromatic N) is 1. The first-order chi connectivity index (χ1) is 13.0. The molecule has 0 aromatic heterocycles. The second kappa shape index (κ2) is 8.13. The molecular weight excluding hydrogens is 371 g/mol. The molecule has 1 fully saturated rings. The summed E-state index contributed by atoms with van der Waals surface area (Å²) in [6, 6.07) is 9.57. The Hall–Kier alpha value is -3.00. The van der Waals surface area contributed by atoms with Crippen molar-refractivity contribution in [1.29, 1.82) is 0 Å². The quantitative estimate of drug-likeness (QED) is 0.790. The zero-order valence-electron chi connectivity index (χ0n) is 14.9. The molecule has 140 valence electrons. The van der Waals surface area contributed by atoms with Crippen LogP contribution >= 0.6 is 11.8 Å². The number of para-hydroxylation sites is 1. The summed E-state index contributed by atoms with van der Waals surface area (Å²) in [6.45, 7) is 0. The van der Waals surface area contributed by atoms with E-state index in [1.165, 1.54) is 33.5 Å². The van der Waals surface area contributed by atoms with Crippen LogP contribution in [0.1, 0.15) is 5.56 Å². The largest absolute Gasteiger partial charge is 0.493 e. The zero-order valence-corrected chi connectivity index (χ0v) is 15.7. The summed E-state index contributed by atoms with van der Waals surface area (Å²) in [5.74, 6) is 0.651. The van der Waals surface area contributed by atoms with Crippen LogP contribution in [0.4, 0.5) is 10.1 Å². The average molecular weight is 388 g/mol. The number of thioether (sulfide) groups is 1. The Morgan fingerprint density at radius 2 is 1.74 bits per heavy atom. The maximum absolute atomic E-state index is 13.7. The van der Waals surface area contributed by atoms with Crippen LogP contribution < -0.4 is 19.5 Å². The molecule has 0 bridgehead atoms. The lowest BCUT2D eigenvalue weighted by atomic mass is 10.1. The van der Waals surface area contributed by atoms with Gasteiger partial charge in [-0.3, -0.25) is 4.79 Å². The van der Waals surface area contributed by atoms with Crippen molar-refractivity contribution in [3.05, 3.63) is 52.7 Å². The van der Waals surface area contributed by atoms with Gasteiger partial charge in [0.05, 0.1) is 26.2 Å². The monoisotopic (exact) mass is 388 g/mol. The molecule has 1 amide bonds. The van der Waals surface area contributed by atoms with Crippen molar-refractivity contribution in [1.82, 2.24) is 5.32 Å². The lowest BCUT2D eigenvalue weighted by Gasteiger charge is -2.12. The number of hydrogen-bond acceptors (Lipinski definition) is 6. The van der Waals surface area contributed by atoms with Gasteiger partial charge in [-0.1, -0.05) is 12.1 Å². The Morgan fingerprint density at radius 1 is 1.07 bits per heavy atom. The molecule has 0 saturated carbocycles. The molecule has 2 aromatic carbocycles. The van der Waals surface area contributed by atoms with Gasteiger partial charge in [0.1, 0.15) is 11.5 Å². The zero-order chi connectivity index (χ0) is 19.4. The summed E-state index contributed by atoms with van der Waals surface area (Å²) >= 11 is 1.12. The van der Waals surface area contributed by atoms with Crippen LogP contribution in [0.15, 0.2) is 46.3 Å². The number of ether oxygens (including phenoxy) is 3. The molecule has 6 nitrogen and oxygen atoms in total. The van der Waals surface area contributed by atoms with Gasteiger partial charge in [0, 0.05) is 0 Å². The first-order valence-electron chi connectivity index (χ1n) is 7.90. The van der Waals surface area contributed by atoms with Crippen molar-refractivity contribution in [2.75, 3.05) is 21.3 Å². The molecular formula is C19H17FN2O4S. The molecule has 1 saturated heterocycles. The topological polar surface area (TPSA) is 69.2 Å². The fourth-order valence-electron chi connectivity index (χ4n) is 2.47. The van der Waals surface area contributed by atoms with Gasteiger partial charge < -0.3 is 19.5 Å². The van der Waals surface area contributed by atoms with E-state index in [2.05, 4.69) is 10.3 Å². The number of rotatable bonds is 5. The molecule has 2 aromatic rings. The summed E-state index contributed by atoms with van der Waals surface area (Å²) in [5.41, 5.74) is 0.851. The van der Waals surface area contributed by atoms with Crippen molar-refractivity contribution in [3.8, 4) is 17.2 Å². The Bertz CT molecular complexity index is 918. The molecule has 0 aliphatic carbocycles. The van der Waals surface area contributed by atoms with Crippen LogP contribution in [-0.4, -0.2) is 32.4 Å². The van der Waals surface area contributed by atoms with Gasteiger partial charge in [0.2, 0.25) is 5.75 Å². The van der Waals surface area contributed by atoms with Crippen LogP contribution in [0.2, 0.25) is 0 Å². The van der Waals surface area contributed by atoms with Gasteiger partial charge in [-0.25, -0.2) is 9.38 Å². The number of amidine groups is 1. The van der Waals surface area contributed by atoms with E-state index in [1.807, 2.05) is 0 Å². The maximum Gasteiger partial charge on any atom is 0.264 e.